The molecule has 5 heteroatoms. The Bertz CT molecular complexity index is 731. The minimum atomic E-state index is -0.143. The molecular weight excluding hydrogens is 306 g/mol. The zero-order valence-corrected chi connectivity index (χ0v) is 14.3. The summed E-state index contributed by atoms with van der Waals surface area (Å²) in [6.07, 6.45) is 3.28. The molecular formula is C18H21N3OS. The van der Waals surface area contributed by atoms with Gasteiger partial charge in [-0.3, -0.25) is 4.79 Å². The molecule has 1 N–H and O–H groups in total. The van der Waals surface area contributed by atoms with Gasteiger partial charge >= 0.3 is 0 Å². The van der Waals surface area contributed by atoms with Crippen LogP contribution < -0.4 is 5.32 Å². The third-order valence-corrected chi connectivity index (χ3v) is 5.64. The van der Waals surface area contributed by atoms with Gasteiger partial charge < -0.3 is 10.2 Å². The second kappa shape index (κ2) is 5.64. The first kappa shape index (κ1) is 14.7. The Morgan fingerprint density at radius 3 is 2.96 bits per heavy atom. The van der Waals surface area contributed by atoms with Crippen LogP contribution in [0.3, 0.4) is 0 Å². The summed E-state index contributed by atoms with van der Waals surface area (Å²) >= 11 is 1.77. The van der Waals surface area contributed by atoms with E-state index in [0.29, 0.717) is 5.92 Å². The van der Waals surface area contributed by atoms with Crippen molar-refractivity contribution in [3.05, 3.63) is 45.4 Å². The number of carbonyl (C=O) groups excluding carboxylic acids is 1. The van der Waals surface area contributed by atoms with Crippen LogP contribution in [-0.4, -0.2) is 22.3 Å². The molecule has 2 aliphatic rings. The number of anilines is 1. The second-order valence-electron chi connectivity index (χ2n) is 6.72. The first-order chi connectivity index (χ1) is 11.1. The second-order valence-corrected chi connectivity index (χ2v) is 7.83. The molecule has 1 unspecified atom stereocenters. The van der Waals surface area contributed by atoms with E-state index >= 15 is 0 Å². The Labute approximate surface area is 140 Å². The zero-order chi connectivity index (χ0) is 16.0. The molecule has 23 heavy (non-hydrogen) atoms. The van der Waals surface area contributed by atoms with Crippen molar-refractivity contribution in [2.75, 3.05) is 11.9 Å². The van der Waals surface area contributed by atoms with Gasteiger partial charge in [0.15, 0.2) is 6.17 Å². The SMILES string of the molecule is CC(C)CN1C(=O)c2ccccc2NC1c1nc2c(s1)CCC2. The van der Waals surface area contributed by atoms with Crippen LogP contribution in [0.1, 0.15) is 52.4 Å². The van der Waals surface area contributed by atoms with Gasteiger partial charge in [0.1, 0.15) is 5.01 Å². The van der Waals surface area contributed by atoms with Crippen molar-refractivity contribution >= 4 is 22.9 Å². The zero-order valence-electron chi connectivity index (χ0n) is 13.5. The third-order valence-electron chi connectivity index (χ3n) is 4.43. The van der Waals surface area contributed by atoms with Crippen LogP contribution in [0.15, 0.2) is 24.3 Å². The molecule has 0 radical (unpaired) electrons. The highest BCUT2D eigenvalue weighted by atomic mass is 32.1. The number of fused-ring (bicyclic) bond motifs is 2. The molecule has 0 spiro atoms. The summed E-state index contributed by atoms with van der Waals surface area (Å²) in [6.45, 7) is 5.02. The smallest absolute Gasteiger partial charge is 0.257 e. The molecule has 1 atom stereocenters. The molecule has 1 aliphatic heterocycles. The lowest BCUT2D eigenvalue weighted by atomic mass is 10.1. The lowest BCUT2D eigenvalue weighted by Gasteiger charge is -2.37. The van der Waals surface area contributed by atoms with Gasteiger partial charge in [-0.2, -0.15) is 0 Å². The van der Waals surface area contributed by atoms with E-state index in [1.165, 1.54) is 17.0 Å². The summed E-state index contributed by atoms with van der Waals surface area (Å²) in [5.74, 6) is 0.522. The van der Waals surface area contributed by atoms with Gasteiger partial charge in [0.05, 0.1) is 11.3 Å². The molecule has 0 fully saturated rings. The number of benzene rings is 1. The molecule has 2 heterocycles. The van der Waals surface area contributed by atoms with E-state index in [-0.39, 0.29) is 12.1 Å². The van der Waals surface area contributed by atoms with Crippen LogP contribution in [0.2, 0.25) is 0 Å². The maximum atomic E-state index is 13.0. The monoisotopic (exact) mass is 327 g/mol. The van der Waals surface area contributed by atoms with E-state index in [2.05, 4.69) is 19.2 Å². The number of nitrogens with one attached hydrogen (secondary N) is 1. The van der Waals surface area contributed by atoms with E-state index in [1.54, 1.807) is 11.3 Å². The number of nitrogens with zero attached hydrogens (tertiary/aromatic N) is 2. The Kier molecular flexibility index (Phi) is 3.60. The molecule has 120 valence electrons. The normalized spacial score (nSPS) is 19.7. The largest absolute Gasteiger partial charge is 0.359 e. The highest BCUT2D eigenvalue weighted by Gasteiger charge is 2.35. The van der Waals surface area contributed by atoms with Crippen LogP contribution in [-0.2, 0) is 12.8 Å². The summed E-state index contributed by atoms with van der Waals surface area (Å²) < 4.78 is 0. The van der Waals surface area contributed by atoms with E-state index in [9.17, 15) is 4.79 Å². The molecule has 1 aliphatic carbocycles. The van der Waals surface area contributed by atoms with Crippen molar-refractivity contribution in [1.29, 1.82) is 0 Å². The van der Waals surface area contributed by atoms with Crippen LogP contribution in [0.25, 0.3) is 0 Å². The summed E-state index contributed by atoms with van der Waals surface area (Å²) in [7, 11) is 0. The van der Waals surface area contributed by atoms with Crippen LogP contribution in [0.4, 0.5) is 5.69 Å². The fourth-order valence-electron chi connectivity index (χ4n) is 3.40. The molecule has 1 aromatic heterocycles. The molecule has 4 nitrogen and oxygen atoms in total. The van der Waals surface area contributed by atoms with Gasteiger partial charge in [-0.05, 0) is 37.3 Å². The van der Waals surface area contributed by atoms with Gasteiger partial charge in [-0.25, -0.2) is 4.98 Å². The Balaban J connectivity index is 1.74. The van der Waals surface area contributed by atoms with Crippen molar-refractivity contribution in [3.63, 3.8) is 0 Å². The number of hydrogen-bond acceptors (Lipinski definition) is 4. The summed E-state index contributed by atoms with van der Waals surface area (Å²) in [5, 5.41) is 4.57. The van der Waals surface area contributed by atoms with Gasteiger partial charge in [-0.15, -0.1) is 11.3 Å². The molecule has 0 saturated carbocycles. The highest BCUT2D eigenvalue weighted by Crippen LogP contribution is 2.37. The first-order valence-corrected chi connectivity index (χ1v) is 9.10. The molecule has 4 rings (SSSR count). The Morgan fingerprint density at radius 1 is 1.35 bits per heavy atom. The van der Waals surface area contributed by atoms with Crippen molar-refractivity contribution in [1.82, 2.24) is 9.88 Å². The summed E-state index contributed by atoms with van der Waals surface area (Å²) in [6, 6.07) is 7.77. The Hall–Kier alpha value is -1.88. The number of thiazole rings is 1. The highest BCUT2D eigenvalue weighted by molar-refractivity contribution is 7.11. The maximum absolute atomic E-state index is 13.0. The lowest BCUT2D eigenvalue weighted by molar-refractivity contribution is 0.0657. The van der Waals surface area contributed by atoms with E-state index in [4.69, 9.17) is 4.98 Å². The van der Waals surface area contributed by atoms with E-state index in [0.717, 1.165) is 35.6 Å². The average Bonchev–Trinajstić information content (AvgIpc) is 3.11. The lowest BCUT2D eigenvalue weighted by Crippen LogP contribution is -2.44. The van der Waals surface area contributed by atoms with Gasteiger partial charge in [-0.1, -0.05) is 26.0 Å². The van der Waals surface area contributed by atoms with E-state index in [1.807, 2.05) is 29.2 Å². The fraction of sp³-hybridized carbons (Fsp3) is 0.444. The van der Waals surface area contributed by atoms with Crippen LogP contribution in [0.5, 0.6) is 0 Å². The fourth-order valence-corrected chi connectivity index (χ4v) is 4.61. The minimum absolute atomic E-state index is 0.105. The quantitative estimate of drug-likeness (QED) is 0.931. The predicted octanol–water partition coefficient (Wildman–Crippen LogP) is 3.85. The maximum Gasteiger partial charge on any atom is 0.257 e. The van der Waals surface area contributed by atoms with Crippen molar-refractivity contribution < 1.29 is 4.79 Å². The van der Waals surface area contributed by atoms with Gasteiger partial charge in [0.2, 0.25) is 0 Å². The third kappa shape index (κ3) is 2.53. The van der Waals surface area contributed by atoms with Crippen molar-refractivity contribution in [2.45, 2.75) is 39.3 Å². The minimum Gasteiger partial charge on any atom is -0.359 e. The average molecular weight is 327 g/mol. The van der Waals surface area contributed by atoms with Gasteiger partial charge in [0.25, 0.3) is 5.91 Å². The molecule has 2 aromatic rings. The van der Waals surface area contributed by atoms with Crippen LogP contribution in [0, 0.1) is 5.92 Å². The standard InChI is InChI=1S/C18H21N3OS/c1-11(2)10-21-16(17-20-14-8-5-9-15(14)23-17)19-13-7-4-3-6-12(13)18(21)22/h3-4,6-7,11,16,19H,5,8-10H2,1-2H3. The molecule has 0 bridgehead atoms. The topological polar surface area (TPSA) is 45.2 Å². The summed E-state index contributed by atoms with van der Waals surface area (Å²) in [4.78, 5) is 21.2. The predicted molar refractivity (Wildman–Crippen MR) is 92.8 cm³/mol. The van der Waals surface area contributed by atoms with Gasteiger partial charge in [0, 0.05) is 17.1 Å². The number of carbonyl (C=O) groups is 1. The number of hydrogen-bond donors (Lipinski definition) is 1. The van der Waals surface area contributed by atoms with Crippen LogP contribution >= 0.6 is 11.3 Å². The Morgan fingerprint density at radius 2 is 2.17 bits per heavy atom. The van der Waals surface area contributed by atoms with E-state index < -0.39 is 0 Å². The number of rotatable bonds is 3. The molecule has 1 aromatic carbocycles. The first-order valence-electron chi connectivity index (χ1n) is 8.28. The summed E-state index contributed by atoms with van der Waals surface area (Å²) in [5.41, 5.74) is 2.91. The number of para-hydroxylation sites is 1. The molecule has 0 saturated heterocycles. The van der Waals surface area contributed by atoms with Crippen molar-refractivity contribution in [3.8, 4) is 0 Å². The molecule has 1 amide bonds. The van der Waals surface area contributed by atoms with Crippen molar-refractivity contribution in [2.24, 2.45) is 5.92 Å². The number of aryl methyl sites for hydroxylation is 2. The number of aromatic nitrogens is 1. The number of amides is 1.